The number of benzene rings is 2. The van der Waals surface area contributed by atoms with Crippen molar-refractivity contribution in [3.8, 4) is 11.5 Å². The van der Waals surface area contributed by atoms with Crippen molar-refractivity contribution in [3.05, 3.63) is 82.2 Å². The molecule has 1 N–H and O–H groups in total. The minimum absolute atomic E-state index is 0.119. The fraction of sp³-hybridized carbons (Fsp3) is 0.280. The van der Waals surface area contributed by atoms with Gasteiger partial charge in [0, 0.05) is 42.4 Å². The largest absolute Gasteiger partial charge is 0.493 e. The Morgan fingerprint density at radius 1 is 1.15 bits per heavy atom. The summed E-state index contributed by atoms with van der Waals surface area (Å²) in [5, 5.41) is 20.9. The number of carbonyl (C=O) groups is 1. The number of nitrogens with zero attached hydrogens (tertiary/aromatic N) is 3. The van der Waals surface area contributed by atoms with E-state index < -0.39 is 16.6 Å². The lowest BCUT2D eigenvalue weighted by Crippen LogP contribution is -2.18. The summed E-state index contributed by atoms with van der Waals surface area (Å²) >= 11 is 0. The first-order valence-corrected chi connectivity index (χ1v) is 11.0. The molecule has 9 nitrogen and oxygen atoms in total. The van der Waals surface area contributed by atoms with E-state index >= 15 is 0 Å². The van der Waals surface area contributed by atoms with Gasteiger partial charge in [0.25, 0.3) is 5.69 Å². The fourth-order valence-electron chi connectivity index (χ4n) is 4.14. The van der Waals surface area contributed by atoms with Crippen LogP contribution in [0.15, 0.2) is 60.9 Å². The van der Waals surface area contributed by atoms with E-state index in [0.717, 1.165) is 36.9 Å². The monoisotopic (exact) mass is 463 g/mol. The molecule has 176 valence electrons. The quantitative estimate of drug-likeness (QED) is 0.333. The molecule has 0 bridgehead atoms. The van der Waals surface area contributed by atoms with Crippen LogP contribution in [0.25, 0.3) is 0 Å². The number of methoxy groups -OCH3 is 1. The lowest BCUT2D eigenvalue weighted by atomic mass is 10.1. The van der Waals surface area contributed by atoms with Gasteiger partial charge in [-0.15, -0.1) is 0 Å². The van der Waals surface area contributed by atoms with Crippen molar-refractivity contribution in [2.75, 3.05) is 12.0 Å². The molecule has 2 aromatic carbocycles. The Balaban J connectivity index is 1.78. The van der Waals surface area contributed by atoms with Crippen LogP contribution in [0.1, 0.15) is 41.6 Å². The Labute approximate surface area is 196 Å². The van der Waals surface area contributed by atoms with Gasteiger partial charge in [-0.25, -0.2) is 4.79 Å². The summed E-state index contributed by atoms with van der Waals surface area (Å²) in [4.78, 5) is 28.4. The number of rotatable bonds is 9. The van der Waals surface area contributed by atoms with Crippen LogP contribution in [0.4, 0.5) is 17.1 Å². The van der Waals surface area contributed by atoms with E-state index in [2.05, 4.69) is 4.98 Å². The summed E-state index contributed by atoms with van der Waals surface area (Å²) in [7, 11) is 1.58. The first-order valence-electron chi connectivity index (χ1n) is 11.0. The van der Waals surface area contributed by atoms with Crippen LogP contribution in [0.5, 0.6) is 11.5 Å². The fourth-order valence-corrected chi connectivity index (χ4v) is 4.14. The highest BCUT2D eigenvalue weighted by Gasteiger charge is 2.24. The summed E-state index contributed by atoms with van der Waals surface area (Å²) in [5.74, 6) is -0.162. The van der Waals surface area contributed by atoms with Gasteiger partial charge in [-0.1, -0.05) is 6.07 Å². The van der Waals surface area contributed by atoms with Crippen molar-refractivity contribution in [2.45, 2.75) is 38.3 Å². The SMILES string of the molecule is COc1ccc(N(Cc2cccnc2)c2ccc([N+](=O)[O-])c(C(=O)O)c2)cc1OC1CCCC1. The molecule has 1 fully saturated rings. The first kappa shape index (κ1) is 23.0. The van der Waals surface area contributed by atoms with Crippen molar-refractivity contribution in [2.24, 2.45) is 0 Å². The van der Waals surface area contributed by atoms with Gasteiger partial charge in [-0.2, -0.15) is 0 Å². The molecule has 3 aromatic rings. The highest BCUT2D eigenvalue weighted by Crippen LogP contribution is 2.38. The Morgan fingerprint density at radius 3 is 2.53 bits per heavy atom. The minimum atomic E-state index is -1.37. The lowest BCUT2D eigenvalue weighted by Gasteiger charge is -2.27. The van der Waals surface area contributed by atoms with Gasteiger partial charge in [0.05, 0.1) is 18.1 Å². The van der Waals surface area contributed by atoms with Crippen LogP contribution in [0, 0.1) is 10.1 Å². The van der Waals surface area contributed by atoms with E-state index in [1.807, 2.05) is 29.2 Å². The van der Waals surface area contributed by atoms with Crippen LogP contribution in [0.2, 0.25) is 0 Å². The molecule has 1 saturated carbocycles. The van der Waals surface area contributed by atoms with Gasteiger partial charge in [-0.3, -0.25) is 15.1 Å². The number of aromatic nitrogens is 1. The maximum atomic E-state index is 11.8. The number of nitro groups is 1. The van der Waals surface area contributed by atoms with E-state index in [1.165, 1.54) is 12.1 Å². The number of hydrogen-bond acceptors (Lipinski definition) is 7. The zero-order valence-corrected chi connectivity index (χ0v) is 18.7. The van der Waals surface area contributed by atoms with E-state index in [-0.39, 0.29) is 11.7 Å². The zero-order valence-electron chi connectivity index (χ0n) is 18.7. The molecule has 1 heterocycles. The van der Waals surface area contributed by atoms with Gasteiger partial charge in [0.2, 0.25) is 0 Å². The number of carboxylic acids is 1. The second kappa shape index (κ2) is 10.2. The average Bonchev–Trinajstić information content (AvgIpc) is 3.36. The molecule has 0 unspecified atom stereocenters. The molecule has 1 aromatic heterocycles. The Kier molecular flexibility index (Phi) is 6.91. The molecule has 0 amide bonds. The van der Waals surface area contributed by atoms with Crippen molar-refractivity contribution >= 4 is 23.0 Å². The Bertz CT molecular complexity index is 1180. The van der Waals surface area contributed by atoms with Gasteiger partial charge < -0.3 is 19.5 Å². The van der Waals surface area contributed by atoms with E-state index in [9.17, 15) is 20.0 Å². The molecule has 34 heavy (non-hydrogen) atoms. The number of aromatic carboxylic acids is 1. The van der Waals surface area contributed by atoms with Gasteiger partial charge >= 0.3 is 5.97 Å². The number of anilines is 2. The van der Waals surface area contributed by atoms with E-state index in [0.29, 0.717) is 23.7 Å². The smallest absolute Gasteiger partial charge is 0.342 e. The van der Waals surface area contributed by atoms with Crippen LogP contribution in [0.3, 0.4) is 0 Å². The Hall–Kier alpha value is -4.14. The molecule has 1 aliphatic carbocycles. The first-order chi connectivity index (χ1) is 16.5. The number of carboxylic acid groups (broad SMARTS) is 1. The summed E-state index contributed by atoms with van der Waals surface area (Å²) in [6, 6.07) is 13.3. The molecule has 0 spiro atoms. The summed E-state index contributed by atoms with van der Waals surface area (Å²) in [5.41, 5.74) is 1.26. The molecular weight excluding hydrogens is 438 g/mol. The molecule has 0 atom stereocenters. The molecule has 9 heteroatoms. The number of pyridine rings is 1. The maximum Gasteiger partial charge on any atom is 0.342 e. The molecule has 0 saturated heterocycles. The number of hydrogen-bond donors (Lipinski definition) is 1. The van der Waals surface area contributed by atoms with Crippen LogP contribution in [-0.2, 0) is 6.54 Å². The molecule has 4 rings (SSSR count). The third kappa shape index (κ3) is 5.09. The predicted molar refractivity (Wildman–Crippen MR) is 126 cm³/mol. The van der Waals surface area contributed by atoms with Crippen molar-refractivity contribution in [3.63, 3.8) is 0 Å². The lowest BCUT2D eigenvalue weighted by molar-refractivity contribution is -0.385. The number of nitro benzene ring substituents is 1. The van der Waals surface area contributed by atoms with E-state index in [4.69, 9.17) is 9.47 Å². The van der Waals surface area contributed by atoms with Crippen molar-refractivity contribution in [1.29, 1.82) is 0 Å². The highest BCUT2D eigenvalue weighted by molar-refractivity contribution is 5.94. The predicted octanol–water partition coefficient (Wildman–Crippen LogP) is 5.36. The van der Waals surface area contributed by atoms with Gasteiger partial charge in [0.1, 0.15) is 5.56 Å². The van der Waals surface area contributed by atoms with Crippen LogP contribution in [-0.4, -0.2) is 34.2 Å². The zero-order chi connectivity index (χ0) is 24.1. The Morgan fingerprint density at radius 2 is 1.88 bits per heavy atom. The van der Waals surface area contributed by atoms with Gasteiger partial charge in [-0.05, 0) is 61.6 Å². The third-order valence-corrected chi connectivity index (χ3v) is 5.84. The van der Waals surface area contributed by atoms with Crippen LogP contribution < -0.4 is 14.4 Å². The number of ether oxygens (including phenoxy) is 2. The second-order valence-corrected chi connectivity index (χ2v) is 8.07. The summed E-state index contributed by atoms with van der Waals surface area (Å²) in [6.45, 7) is 0.361. The molecule has 0 aliphatic heterocycles. The standard InChI is InChI=1S/C25H25N3O6/c1-33-23-11-9-19(14-24(23)34-20-6-2-3-7-20)27(16-17-5-4-12-26-15-17)18-8-10-22(28(31)32)21(13-18)25(29)30/h4-5,8-15,20H,2-3,6-7,16H2,1H3,(H,29,30). The summed E-state index contributed by atoms with van der Waals surface area (Å²) in [6.07, 6.45) is 7.72. The summed E-state index contributed by atoms with van der Waals surface area (Å²) < 4.78 is 11.7. The topological polar surface area (TPSA) is 115 Å². The second-order valence-electron chi connectivity index (χ2n) is 8.07. The minimum Gasteiger partial charge on any atom is -0.493 e. The average molecular weight is 463 g/mol. The molecular formula is C25H25N3O6. The highest BCUT2D eigenvalue weighted by atomic mass is 16.6. The third-order valence-electron chi connectivity index (χ3n) is 5.84. The van der Waals surface area contributed by atoms with Crippen molar-refractivity contribution in [1.82, 2.24) is 4.98 Å². The maximum absolute atomic E-state index is 11.8. The van der Waals surface area contributed by atoms with E-state index in [1.54, 1.807) is 31.6 Å². The van der Waals surface area contributed by atoms with Crippen LogP contribution >= 0.6 is 0 Å². The molecule has 1 aliphatic rings. The molecule has 0 radical (unpaired) electrons. The van der Waals surface area contributed by atoms with Gasteiger partial charge in [0.15, 0.2) is 11.5 Å². The normalized spacial score (nSPS) is 13.4. The van der Waals surface area contributed by atoms with Crippen molar-refractivity contribution < 1.29 is 24.3 Å².